The van der Waals surface area contributed by atoms with Gasteiger partial charge in [-0.25, -0.2) is 8.42 Å². The Morgan fingerprint density at radius 2 is 1.89 bits per heavy atom. The highest BCUT2D eigenvalue weighted by molar-refractivity contribution is 7.90. The zero-order valence-corrected chi connectivity index (χ0v) is 13.0. The first-order valence-corrected chi connectivity index (χ1v) is 9.03. The maximum Gasteiger partial charge on any atom is 0.147 e. The number of sulfone groups is 1. The van der Waals surface area contributed by atoms with Gasteiger partial charge in [-0.1, -0.05) is 27.2 Å². The van der Waals surface area contributed by atoms with Crippen LogP contribution in [0.25, 0.3) is 0 Å². The molecule has 108 valence electrons. The first-order valence-electron chi connectivity index (χ1n) is 6.97. The van der Waals surface area contributed by atoms with Gasteiger partial charge in [0.05, 0.1) is 6.10 Å². The molecule has 3 unspecified atom stereocenters. The van der Waals surface area contributed by atoms with E-state index in [2.05, 4.69) is 20.8 Å². The van der Waals surface area contributed by atoms with E-state index >= 15 is 0 Å². The maximum atomic E-state index is 11.2. The van der Waals surface area contributed by atoms with Gasteiger partial charge in [-0.3, -0.25) is 0 Å². The smallest absolute Gasteiger partial charge is 0.147 e. The van der Waals surface area contributed by atoms with E-state index in [0.717, 1.165) is 19.3 Å². The SMILES string of the molecule is CC1CCC(C(C)(C)CCCS(C)(=O)=O)C(O)C1. The molecule has 3 nitrogen and oxygen atoms in total. The molecule has 0 aromatic heterocycles. The fourth-order valence-electron chi connectivity index (χ4n) is 3.24. The van der Waals surface area contributed by atoms with Gasteiger partial charge in [0.15, 0.2) is 0 Å². The summed E-state index contributed by atoms with van der Waals surface area (Å²) < 4.78 is 22.3. The molecule has 0 aliphatic heterocycles. The molecule has 18 heavy (non-hydrogen) atoms. The predicted octanol–water partition coefficient (Wildman–Crippen LogP) is 2.63. The molecular formula is C14H28O3S. The van der Waals surface area contributed by atoms with Gasteiger partial charge in [-0.05, 0) is 42.9 Å². The molecule has 0 aromatic rings. The van der Waals surface area contributed by atoms with Crippen LogP contribution in [0.5, 0.6) is 0 Å². The molecule has 3 atom stereocenters. The van der Waals surface area contributed by atoms with E-state index in [1.54, 1.807) is 0 Å². The fourth-order valence-corrected chi connectivity index (χ4v) is 3.91. The van der Waals surface area contributed by atoms with Crippen molar-refractivity contribution in [1.82, 2.24) is 0 Å². The molecule has 0 saturated heterocycles. The lowest BCUT2D eigenvalue weighted by Crippen LogP contribution is -2.38. The summed E-state index contributed by atoms with van der Waals surface area (Å²) in [5.74, 6) is 1.19. The molecule has 1 fully saturated rings. The van der Waals surface area contributed by atoms with Crippen LogP contribution in [0, 0.1) is 17.3 Å². The van der Waals surface area contributed by atoms with Gasteiger partial charge in [-0.15, -0.1) is 0 Å². The van der Waals surface area contributed by atoms with Crippen molar-refractivity contribution in [1.29, 1.82) is 0 Å². The van der Waals surface area contributed by atoms with Crippen molar-refractivity contribution in [3.8, 4) is 0 Å². The summed E-state index contributed by atoms with van der Waals surface area (Å²) in [5.41, 5.74) is 0.0320. The second-order valence-corrected chi connectivity index (χ2v) is 9.07. The van der Waals surface area contributed by atoms with Gasteiger partial charge in [0, 0.05) is 12.0 Å². The summed E-state index contributed by atoms with van der Waals surface area (Å²) in [7, 11) is -2.86. The Labute approximate surface area is 112 Å². The van der Waals surface area contributed by atoms with Crippen LogP contribution >= 0.6 is 0 Å². The first kappa shape index (κ1) is 16.0. The van der Waals surface area contributed by atoms with E-state index in [0.29, 0.717) is 18.3 Å². The minimum absolute atomic E-state index is 0.0320. The Hall–Kier alpha value is -0.0900. The number of hydrogen-bond donors (Lipinski definition) is 1. The van der Waals surface area contributed by atoms with Crippen molar-refractivity contribution in [2.45, 2.75) is 59.0 Å². The van der Waals surface area contributed by atoms with Crippen molar-refractivity contribution in [2.75, 3.05) is 12.0 Å². The second kappa shape index (κ2) is 5.91. The highest BCUT2D eigenvalue weighted by atomic mass is 32.2. The highest BCUT2D eigenvalue weighted by Crippen LogP contribution is 2.42. The molecule has 0 spiro atoms. The molecule has 1 rings (SSSR count). The van der Waals surface area contributed by atoms with Crippen LogP contribution in [0.3, 0.4) is 0 Å². The molecule has 1 N–H and O–H groups in total. The fraction of sp³-hybridized carbons (Fsp3) is 1.00. The Kier molecular flexibility index (Phi) is 5.24. The minimum Gasteiger partial charge on any atom is -0.393 e. The number of aliphatic hydroxyl groups excluding tert-OH is 1. The Morgan fingerprint density at radius 3 is 2.39 bits per heavy atom. The lowest BCUT2D eigenvalue weighted by molar-refractivity contribution is -0.0161. The molecule has 0 amide bonds. The third kappa shape index (κ3) is 4.88. The molecule has 0 bridgehead atoms. The summed E-state index contributed by atoms with van der Waals surface area (Å²) >= 11 is 0. The van der Waals surface area contributed by atoms with Crippen molar-refractivity contribution in [2.24, 2.45) is 17.3 Å². The largest absolute Gasteiger partial charge is 0.393 e. The first-order chi connectivity index (χ1) is 8.12. The van der Waals surface area contributed by atoms with Crippen molar-refractivity contribution < 1.29 is 13.5 Å². The van der Waals surface area contributed by atoms with E-state index in [4.69, 9.17) is 0 Å². The van der Waals surface area contributed by atoms with Crippen LogP contribution in [0.15, 0.2) is 0 Å². The molecule has 0 radical (unpaired) electrons. The third-order valence-electron chi connectivity index (χ3n) is 4.42. The Bertz CT molecular complexity index is 359. The molecule has 1 aliphatic carbocycles. The van der Waals surface area contributed by atoms with Crippen LogP contribution in [-0.4, -0.2) is 31.6 Å². The lowest BCUT2D eigenvalue weighted by atomic mass is 9.66. The third-order valence-corrected chi connectivity index (χ3v) is 5.45. The van der Waals surface area contributed by atoms with E-state index in [1.165, 1.54) is 12.7 Å². The van der Waals surface area contributed by atoms with Crippen molar-refractivity contribution in [3.63, 3.8) is 0 Å². The Morgan fingerprint density at radius 1 is 1.28 bits per heavy atom. The van der Waals surface area contributed by atoms with Gasteiger partial charge < -0.3 is 5.11 Å². The normalized spacial score (nSPS) is 30.4. The maximum absolute atomic E-state index is 11.2. The molecule has 4 heteroatoms. The molecular weight excluding hydrogens is 248 g/mol. The molecule has 0 aromatic carbocycles. The van der Waals surface area contributed by atoms with Crippen LogP contribution in [0.2, 0.25) is 0 Å². The summed E-state index contributed by atoms with van der Waals surface area (Å²) in [6.07, 6.45) is 5.77. The van der Waals surface area contributed by atoms with E-state index in [9.17, 15) is 13.5 Å². The predicted molar refractivity (Wildman–Crippen MR) is 75.2 cm³/mol. The topological polar surface area (TPSA) is 54.4 Å². The molecule has 1 saturated carbocycles. The van der Waals surface area contributed by atoms with Gasteiger partial charge in [0.25, 0.3) is 0 Å². The summed E-state index contributed by atoms with van der Waals surface area (Å²) in [5, 5.41) is 10.2. The summed E-state index contributed by atoms with van der Waals surface area (Å²) in [6.45, 7) is 6.52. The summed E-state index contributed by atoms with van der Waals surface area (Å²) in [4.78, 5) is 0. The number of rotatable bonds is 5. The number of aliphatic hydroxyl groups is 1. The number of hydrogen-bond acceptors (Lipinski definition) is 3. The molecule has 1 aliphatic rings. The van der Waals surface area contributed by atoms with E-state index in [-0.39, 0.29) is 17.3 Å². The van der Waals surface area contributed by atoms with Crippen LogP contribution in [-0.2, 0) is 9.84 Å². The van der Waals surface area contributed by atoms with Crippen LogP contribution in [0.4, 0.5) is 0 Å². The van der Waals surface area contributed by atoms with Gasteiger partial charge in [0.2, 0.25) is 0 Å². The average Bonchev–Trinajstić information content (AvgIpc) is 2.13. The zero-order valence-electron chi connectivity index (χ0n) is 12.1. The van der Waals surface area contributed by atoms with Crippen molar-refractivity contribution in [3.05, 3.63) is 0 Å². The minimum atomic E-state index is -2.86. The van der Waals surface area contributed by atoms with E-state index in [1.807, 2.05) is 0 Å². The quantitative estimate of drug-likeness (QED) is 0.840. The summed E-state index contributed by atoms with van der Waals surface area (Å²) in [6, 6.07) is 0. The van der Waals surface area contributed by atoms with Crippen LogP contribution < -0.4 is 0 Å². The lowest BCUT2D eigenvalue weighted by Gasteiger charge is -2.42. The monoisotopic (exact) mass is 276 g/mol. The molecule has 0 heterocycles. The zero-order chi connectivity index (χ0) is 14.0. The Balaban J connectivity index is 2.52. The standard InChI is InChI=1S/C14H28O3S/c1-11-6-7-12(13(15)10-11)14(2,3)8-5-9-18(4,16)17/h11-13,15H,5-10H2,1-4H3. The van der Waals surface area contributed by atoms with Gasteiger partial charge >= 0.3 is 0 Å². The van der Waals surface area contributed by atoms with E-state index < -0.39 is 9.84 Å². The average molecular weight is 276 g/mol. The van der Waals surface area contributed by atoms with Gasteiger partial charge in [-0.2, -0.15) is 0 Å². The highest BCUT2D eigenvalue weighted by Gasteiger charge is 2.37. The van der Waals surface area contributed by atoms with Crippen LogP contribution in [0.1, 0.15) is 52.9 Å². The van der Waals surface area contributed by atoms with Gasteiger partial charge in [0.1, 0.15) is 9.84 Å². The second-order valence-electron chi connectivity index (χ2n) is 6.81. The van der Waals surface area contributed by atoms with Crippen molar-refractivity contribution >= 4 is 9.84 Å².